The Morgan fingerprint density at radius 2 is 1.86 bits per heavy atom. The molecule has 1 atom stereocenters. The van der Waals surface area contributed by atoms with Crippen LogP contribution in [0, 0.1) is 6.92 Å². The normalized spacial score (nSPS) is 12.2. The number of esters is 1. The second-order valence-electron chi connectivity index (χ2n) is 7.24. The summed E-state index contributed by atoms with van der Waals surface area (Å²) in [5.74, 6) is 0.613. The molecule has 1 unspecified atom stereocenters. The lowest BCUT2D eigenvalue weighted by molar-refractivity contribution is -0.122. The summed E-state index contributed by atoms with van der Waals surface area (Å²) in [6, 6.07) is 15.9. The van der Waals surface area contributed by atoms with E-state index in [0.29, 0.717) is 23.6 Å². The number of rotatable bonds is 7. The molecule has 3 rings (SSSR count). The van der Waals surface area contributed by atoms with Crippen LogP contribution in [-0.4, -0.2) is 37.5 Å². The number of methoxy groups -OCH3 is 1. The van der Waals surface area contributed by atoms with Gasteiger partial charge < -0.3 is 14.5 Å². The third-order valence-corrected chi connectivity index (χ3v) is 4.86. The predicted molar refractivity (Wildman–Crippen MR) is 112 cm³/mol. The summed E-state index contributed by atoms with van der Waals surface area (Å²) >= 11 is 0. The second kappa shape index (κ2) is 8.92. The zero-order valence-corrected chi connectivity index (χ0v) is 17.2. The fourth-order valence-electron chi connectivity index (χ4n) is 3.35. The molecule has 1 amide bonds. The summed E-state index contributed by atoms with van der Waals surface area (Å²) in [6.45, 7) is 4.31. The molecule has 152 valence electrons. The molecule has 0 aliphatic rings. The van der Waals surface area contributed by atoms with Crippen LogP contribution in [0.25, 0.3) is 10.8 Å². The van der Waals surface area contributed by atoms with Gasteiger partial charge in [-0.15, -0.1) is 0 Å². The number of nitrogens with one attached hydrogen (secondary N) is 1. The maximum Gasteiger partial charge on any atom is 0.341 e. The zero-order chi connectivity index (χ0) is 21.0. The number of carbonyl (C=O) groups is 2. The summed E-state index contributed by atoms with van der Waals surface area (Å²) in [4.78, 5) is 26.0. The minimum Gasteiger partial charge on any atom is -0.465 e. The molecule has 6 heteroatoms. The second-order valence-corrected chi connectivity index (χ2v) is 7.24. The maximum atomic E-state index is 12.5. The SMILES string of the molecule is COC(=O)c1cc(CN(C)CC(=O)NC(C)c2ccc3ccccc3c2)oc1C. The smallest absolute Gasteiger partial charge is 0.341 e. The summed E-state index contributed by atoms with van der Waals surface area (Å²) in [6.07, 6.45) is 0. The van der Waals surface area contributed by atoms with E-state index >= 15 is 0 Å². The molecule has 0 bridgehead atoms. The van der Waals surface area contributed by atoms with Crippen LogP contribution >= 0.6 is 0 Å². The molecule has 29 heavy (non-hydrogen) atoms. The van der Waals surface area contributed by atoms with Crippen molar-refractivity contribution < 1.29 is 18.7 Å². The number of hydrogen-bond donors (Lipinski definition) is 1. The number of carbonyl (C=O) groups excluding carboxylic acids is 2. The highest BCUT2D eigenvalue weighted by molar-refractivity contribution is 5.90. The van der Waals surface area contributed by atoms with Gasteiger partial charge in [-0.2, -0.15) is 0 Å². The van der Waals surface area contributed by atoms with Crippen molar-refractivity contribution in [1.29, 1.82) is 0 Å². The number of ether oxygens (including phenoxy) is 1. The molecular formula is C23H26N2O4. The highest BCUT2D eigenvalue weighted by Gasteiger charge is 2.17. The summed E-state index contributed by atoms with van der Waals surface area (Å²) < 4.78 is 10.3. The molecule has 2 aromatic carbocycles. The third kappa shape index (κ3) is 5.03. The number of fused-ring (bicyclic) bond motifs is 1. The maximum absolute atomic E-state index is 12.5. The number of likely N-dealkylation sites (N-methyl/N-ethyl adjacent to an activating group) is 1. The van der Waals surface area contributed by atoms with Gasteiger partial charge in [0.15, 0.2) is 0 Å². The number of benzene rings is 2. The van der Waals surface area contributed by atoms with E-state index in [2.05, 4.69) is 29.6 Å². The van der Waals surface area contributed by atoms with E-state index < -0.39 is 5.97 Å². The first-order valence-electron chi connectivity index (χ1n) is 9.51. The Morgan fingerprint density at radius 3 is 2.59 bits per heavy atom. The Balaban J connectivity index is 1.57. The molecule has 0 aliphatic heterocycles. The van der Waals surface area contributed by atoms with Crippen molar-refractivity contribution in [2.24, 2.45) is 0 Å². The molecule has 1 aromatic heterocycles. The first kappa shape index (κ1) is 20.6. The summed E-state index contributed by atoms with van der Waals surface area (Å²) in [5, 5.41) is 5.36. The van der Waals surface area contributed by atoms with E-state index in [1.54, 1.807) is 13.0 Å². The molecular weight excluding hydrogens is 368 g/mol. The fraction of sp³-hybridized carbons (Fsp3) is 0.304. The molecule has 0 saturated carbocycles. The first-order valence-corrected chi connectivity index (χ1v) is 9.51. The predicted octanol–water partition coefficient (Wildman–Crippen LogP) is 3.84. The van der Waals surface area contributed by atoms with Gasteiger partial charge >= 0.3 is 5.97 Å². The number of furan rings is 1. The number of amides is 1. The van der Waals surface area contributed by atoms with Crippen LogP contribution < -0.4 is 5.32 Å². The fourth-order valence-corrected chi connectivity index (χ4v) is 3.35. The van der Waals surface area contributed by atoms with E-state index in [-0.39, 0.29) is 18.5 Å². The van der Waals surface area contributed by atoms with Crippen LogP contribution in [0.2, 0.25) is 0 Å². The van der Waals surface area contributed by atoms with Gasteiger partial charge in [-0.25, -0.2) is 4.79 Å². The highest BCUT2D eigenvalue weighted by Crippen LogP contribution is 2.20. The number of aryl methyl sites for hydroxylation is 1. The summed E-state index contributed by atoms with van der Waals surface area (Å²) in [5.41, 5.74) is 1.47. The van der Waals surface area contributed by atoms with E-state index in [4.69, 9.17) is 9.15 Å². The van der Waals surface area contributed by atoms with Crippen LogP contribution in [-0.2, 0) is 16.1 Å². The Labute approximate surface area is 170 Å². The van der Waals surface area contributed by atoms with Crippen molar-refractivity contribution in [1.82, 2.24) is 10.2 Å². The van der Waals surface area contributed by atoms with Gasteiger partial charge in [0.05, 0.1) is 26.2 Å². The van der Waals surface area contributed by atoms with Crippen LogP contribution in [0.4, 0.5) is 0 Å². The van der Waals surface area contributed by atoms with Gasteiger partial charge in [0.2, 0.25) is 5.91 Å². The largest absolute Gasteiger partial charge is 0.465 e. The van der Waals surface area contributed by atoms with Gasteiger partial charge in [-0.3, -0.25) is 9.69 Å². The molecule has 6 nitrogen and oxygen atoms in total. The molecule has 0 fully saturated rings. The van der Waals surface area contributed by atoms with Gasteiger partial charge in [0.1, 0.15) is 17.1 Å². The lowest BCUT2D eigenvalue weighted by Gasteiger charge is -2.19. The third-order valence-electron chi connectivity index (χ3n) is 4.86. The van der Waals surface area contributed by atoms with Gasteiger partial charge in [0, 0.05) is 0 Å². The van der Waals surface area contributed by atoms with Crippen molar-refractivity contribution in [2.75, 3.05) is 20.7 Å². The molecule has 0 spiro atoms. The topological polar surface area (TPSA) is 71.8 Å². The van der Waals surface area contributed by atoms with E-state index in [1.807, 2.05) is 37.1 Å². The minimum atomic E-state index is -0.429. The Bertz CT molecular complexity index is 1020. The quantitative estimate of drug-likeness (QED) is 0.617. The van der Waals surface area contributed by atoms with Crippen molar-refractivity contribution in [3.63, 3.8) is 0 Å². The van der Waals surface area contributed by atoms with E-state index in [1.165, 1.54) is 12.5 Å². The highest BCUT2D eigenvalue weighted by atomic mass is 16.5. The Hall–Kier alpha value is -3.12. The van der Waals surface area contributed by atoms with Crippen LogP contribution in [0.3, 0.4) is 0 Å². The number of nitrogens with zero attached hydrogens (tertiary/aromatic N) is 1. The molecule has 1 heterocycles. The Morgan fingerprint density at radius 1 is 1.14 bits per heavy atom. The van der Waals surface area contributed by atoms with E-state index in [0.717, 1.165) is 10.9 Å². The van der Waals surface area contributed by atoms with Gasteiger partial charge in [-0.1, -0.05) is 36.4 Å². The molecule has 0 saturated heterocycles. The van der Waals surface area contributed by atoms with E-state index in [9.17, 15) is 9.59 Å². The Kier molecular flexibility index (Phi) is 6.34. The number of hydrogen-bond acceptors (Lipinski definition) is 5. The minimum absolute atomic E-state index is 0.0790. The summed E-state index contributed by atoms with van der Waals surface area (Å²) in [7, 11) is 3.16. The monoisotopic (exact) mass is 394 g/mol. The standard InChI is InChI=1S/C23H26N2O4/c1-15(18-10-9-17-7-5-6-8-19(17)11-18)24-22(26)14-25(3)13-20-12-21(16(2)29-20)23(27)28-4/h5-12,15H,13-14H2,1-4H3,(H,24,26). The lowest BCUT2D eigenvalue weighted by Crippen LogP contribution is -2.36. The van der Waals surface area contributed by atoms with Crippen molar-refractivity contribution in [3.05, 3.63) is 71.2 Å². The molecule has 3 aromatic rings. The average Bonchev–Trinajstić information content (AvgIpc) is 3.06. The van der Waals surface area contributed by atoms with Crippen LogP contribution in [0.1, 0.15) is 40.4 Å². The van der Waals surface area contributed by atoms with Crippen molar-refractivity contribution in [3.8, 4) is 0 Å². The van der Waals surface area contributed by atoms with Crippen LogP contribution in [0.5, 0.6) is 0 Å². The van der Waals surface area contributed by atoms with Crippen molar-refractivity contribution in [2.45, 2.75) is 26.4 Å². The van der Waals surface area contributed by atoms with Gasteiger partial charge in [0.25, 0.3) is 0 Å². The zero-order valence-electron chi connectivity index (χ0n) is 17.2. The molecule has 0 radical (unpaired) electrons. The first-order chi connectivity index (χ1) is 13.9. The van der Waals surface area contributed by atoms with Gasteiger partial charge in [-0.05, 0) is 49.4 Å². The average molecular weight is 394 g/mol. The molecule has 1 N–H and O–H groups in total. The van der Waals surface area contributed by atoms with Crippen LogP contribution in [0.15, 0.2) is 52.9 Å². The lowest BCUT2D eigenvalue weighted by atomic mass is 10.0. The molecule has 0 aliphatic carbocycles. The van der Waals surface area contributed by atoms with Crippen molar-refractivity contribution >= 4 is 22.6 Å².